The number of fused-ring (bicyclic) bond motifs is 11. The van der Waals surface area contributed by atoms with Gasteiger partial charge in [-0.25, -0.2) is 4.63 Å². The minimum atomic E-state index is -0.494. The average Bonchev–Trinajstić information content (AvgIpc) is 4.06. The molecule has 22 atom stereocenters. The third-order valence-electron chi connectivity index (χ3n) is 23.3. The van der Waals surface area contributed by atoms with Gasteiger partial charge in [-0.05, 0) is 212 Å². The molecule has 0 bridgehead atoms. The first-order valence-electron chi connectivity index (χ1n) is 27.5. The quantitative estimate of drug-likeness (QED) is 0.0666. The molecule has 15 heteroatoms. The fraction of sp³-hybridized carbons (Fsp3) is 0.855. The monoisotopic (exact) mass is 974 g/mol. The topological polar surface area (TPSA) is 230 Å². The Morgan fingerprint density at radius 3 is 1.79 bits per heavy atom. The molecule has 0 aliphatic heterocycles. The SMILES string of the molecule is COC(=O)CCC(C)C1CCC2[C@@H]3C(CC(O)C12C)C1(C)CC[C@@H](NC(=O)CCC(C)C2CCC4[C@@H]5C(CC(O)C24C)C2(C)CC[C@@H](Nc4ccc([N+](=O)[O-])c6nonc46)C[C@H]2C[C@@H]5O)C[C@H]1C[C@@H]3O. The van der Waals surface area contributed by atoms with E-state index in [9.17, 15) is 40.1 Å². The van der Waals surface area contributed by atoms with Gasteiger partial charge in [-0.1, -0.05) is 41.5 Å². The second-order valence-electron chi connectivity index (χ2n) is 25.8. The van der Waals surface area contributed by atoms with Gasteiger partial charge in [0.25, 0.3) is 0 Å². The van der Waals surface area contributed by atoms with E-state index in [1.807, 2.05) is 0 Å². The van der Waals surface area contributed by atoms with Crippen LogP contribution in [-0.4, -0.2) is 91.1 Å². The molecule has 0 spiro atoms. The number of nitrogens with one attached hydrogen (secondary N) is 2. The molecule has 8 aliphatic carbocycles. The van der Waals surface area contributed by atoms with E-state index in [0.29, 0.717) is 49.2 Å². The number of esters is 1. The molecule has 1 aromatic carbocycles. The Bertz CT molecular complexity index is 2290. The van der Waals surface area contributed by atoms with Crippen LogP contribution in [0.25, 0.3) is 11.0 Å². The zero-order valence-corrected chi connectivity index (χ0v) is 42.9. The third kappa shape index (κ3) is 7.92. The number of carbonyl (C=O) groups excluding carboxylic acids is 2. The van der Waals surface area contributed by atoms with Gasteiger partial charge < -0.3 is 35.8 Å². The number of anilines is 1. The fourth-order valence-electron chi connectivity index (χ4n) is 19.4. The van der Waals surface area contributed by atoms with E-state index < -0.39 is 29.3 Å². The smallest absolute Gasteiger partial charge is 0.305 e. The highest BCUT2D eigenvalue weighted by molar-refractivity contribution is 5.93. The van der Waals surface area contributed by atoms with Crippen LogP contribution in [0.1, 0.15) is 157 Å². The Labute approximate surface area is 413 Å². The summed E-state index contributed by atoms with van der Waals surface area (Å²) in [5.41, 5.74) is 0.314. The molecule has 14 unspecified atom stereocenters. The van der Waals surface area contributed by atoms with E-state index in [2.05, 4.69) is 62.5 Å². The van der Waals surface area contributed by atoms with Crippen molar-refractivity contribution < 1.29 is 44.3 Å². The number of aromatic nitrogens is 2. The number of nitro groups is 1. The number of hydrogen-bond acceptors (Lipinski definition) is 13. The summed E-state index contributed by atoms with van der Waals surface area (Å²) in [6, 6.07) is 3.27. The van der Waals surface area contributed by atoms with Gasteiger partial charge >= 0.3 is 11.7 Å². The van der Waals surface area contributed by atoms with Crippen molar-refractivity contribution in [3.63, 3.8) is 0 Å². The first-order valence-corrected chi connectivity index (χ1v) is 27.5. The van der Waals surface area contributed by atoms with Gasteiger partial charge in [0.05, 0.1) is 42.1 Å². The molecule has 70 heavy (non-hydrogen) atoms. The molecule has 1 aromatic heterocycles. The van der Waals surface area contributed by atoms with Crippen molar-refractivity contribution in [1.82, 2.24) is 15.6 Å². The Hall–Kier alpha value is -3.40. The predicted molar refractivity (Wildman–Crippen MR) is 263 cm³/mol. The van der Waals surface area contributed by atoms with Crippen LogP contribution in [0.4, 0.5) is 11.4 Å². The van der Waals surface area contributed by atoms with E-state index in [-0.39, 0.29) is 122 Å². The van der Waals surface area contributed by atoms with Crippen molar-refractivity contribution in [2.75, 3.05) is 12.4 Å². The number of aliphatic hydroxyl groups excluding tert-OH is 4. The van der Waals surface area contributed by atoms with Gasteiger partial charge in [-0.2, -0.15) is 0 Å². The maximum absolute atomic E-state index is 13.8. The van der Waals surface area contributed by atoms with Crippen molar-refractivity contribution in [3.8, 4) is 0 Å². The van der Waals surface area contributed by atoms with E-state index >= 15 is 0 Å². The summed E-state index contributed by atoms with van der Waals surface area (Å²) in [6.07, 6.45) is 12.7. The molecule has 6 N–H and O–H groups in total. The summed E-state index contributed by atoms with van der Waals surface area (Å²) in [5, 5.41) is 75.0. The Morgan fingerprint density at radius 1 is 0.729 bits per heavy atom. The highest BCUT2D eigenvalue weighted by Crippen LogP contribution is 2.70. The first kappa shape index (κ1) is 50.1. The lowest BCUT2D eigenvalue weighted by Crippen LogP contribution is -2.63. The number of amides is 1. The lowest BCUT2D eigenvalue weighted by Gasteiger charge is -2.64. The van der Waals surface area contributed by atoms with Crippen molar-refractivity contribution in [2.24, 2.45) is 92.7 Å². The number of benzene rings is 1. The van der Waals surface area contributed by atoms with Crippen LogP contribution in [-0.2, 0) is 14.3 Å². The minimum absolute atomic E-state index is 0.00692. The highest BCUT2D eigenvalue weighted by Gasteiger charge is 2.67. The largest absolute Gasteiger partial charge is 0.469 e. The van der Waals surface area contributed by atoms with E-state index in [1.165, 1.54) is 13.2 Å². The molecule has 1 heterocycles. The third-order valence-corrected chi connectivity index (χ3v) is 23.3. The molecule has 1 amide bonds. The number of non-ortho nitro benzene ring substituents is 1. The molecule has 2 aromatic rings. The molecular formula is C55H83N5O10. The second kappa shape index (κ2) is 18.5. The summed E-state index contributed by atoms with van der Waals surface area (Å²) in [7, 11) is 1.44. The zero-order valence-electron chi connectivity index (χ0n) is 42.9. The Balaban J connectivity index is 0.732. The molecule has 388 valence electrons. The summed E-state index contributed by atoms with van der Waals surface area (Å²) in [5.74, 6) is 2.64. The van der Waals surface area contributed by atoms with Gasteiger partial charge in [0.1, 0.15) is 0 Å². The fourth-order valence-corrected chi connectivity index (χ4v) is 19.4. The number of rotatable bonds is 12. The van der Waals surface area contributed by atoms with Crippen molar-refractivity contribution >= 4 is 34.3 Å². The van der Waals surface area contributed by atoms with Crippen LogP contribution in [0.2, 0.25) is 0 Å². The second-order valence-corrected chi connectivity index (χ2v) is 25.8. The number of methoxy groups -OCH3 is 1. The Kier molecular flexibility index (Phi) is 13.3. The average molecular weight is 974 g/mol. The molecule has 8 saturated carbocycles. The van der Waals surface area contributed by atoms with Gasteiger partial charge in [0.2, 0.25) is 11.4 Å². The van der Waals surface area contributed by atoms with E-state index in [1.54, 1.807) is 6.07 Å². The standard InChI is InChI=1S/C55H83N5O10/c1-28(8-16-46(65)57-33-19-21-53(4)31(23-33)25-43(62)49-37-13-11-35(29(2)9-17-47(66)69-7)55(37,6)45(64)27-39(49)53)34-10-12-36-48-38(26-44(63)54(34,36)5)52(3)20-18-32(22-30(52)24-42(48)61)56-40-14-15-41(60(67)68)51-50(40)58-70-59-51/h14-15,28-39,42-45,48-49,56,61-64H,8-13,16-27H2,1-7H3,(H,57,65)/t28?,29?,30-,31-,32+,33+,34?,35?,36?,37?,38?,39?,42-,43-,44?,45?,48+,49+,52?,53?,54?,55?/m0/s1. The number of ether oxygens (including phenoxy) is 1. The molecule has 10 rings (SSSR count). The highest BCUT2D eigenvalue weighted by atomic mass is 16.6. The number of aliphatic hydroxyl groups is 4. The van der Waals surface area contributed by atoms with Gasteiger partial charge in [-0.15, -0.1) is 0 Å². The molecule has 8 aliphatic rings. The minimum Gasteiger partial charge on any atom is -0.469 e. The maximum Gasteiger partial charge on any atom is 0.305 e. The van der Waals surface area contributed by atoms with Crippen molar-refractivity contribution in [1.29, 1.82) is 0 Å². The summed E-state index contributed by atoms with van der Waals surface area (Å²) in [6.45, 7) is 13.8. The van der Waals surface area contributed by atoms with Crippen LogP contribution >= 0.6 is 0 Å². The predicted octanol–water partition coefficient (Wildman–Crippen LogP) is 8.60. The molecular weight excluding hydrogens is 891 g/mol. The number of hydrogen-bond donors (Lipinski definition) is 6. The van der Waals surface area contributed by atoms with Crippen LogP contribution in [0.15, 0.2) is 16.8 Å². The van der Waals surface area contributed by atoms with Crippen LogP contribution < -0.4 is 10.6 Å². The molecule has 0 saturated heterocycles. The van der Waals surface area contributed by atoms with Crippen LogP contribution in [0.3, 0.4) is 0 Å². The van der Waals surface area contributed by atoms with E-state index in [4.69, 9.17) is 9.37 Å². The van der Waals surface area contributed by atoms with E-state index in [0.717, 1.165) is 83.5 Å². The van der Waals surface area contributed by atoms with Gasteiger partial charge in [0.15, 0.2) is 5.52 Å². The van der Waals surface area contributed by atoms with Crippen LogP contribution in [0.5, 0.6) is 0 Å². The van der Waals surface area contributed by atoms with Crippen LogP contribution in [0, 0.1) is 103 Å². The molecule has 15 nitrogen and oxygen atoms in total. The molecule has 8 fully saturated rings. The summed E-state index contributed by atoms with van der Waals surface area (Å²) < 4.78 is 9.84. The zero-order chi connectivity index (χ0) is 49.8. The lowest BCUT2D eigenvalue weighted by atomic mass is 9.43. The summed E-state index contributed by atoms with van der Waals surface area (Å²) in [4.78, 5) is 37.0. The van der Waals surface area contributed by atoms with Crippen molar-refractivity contribution in [2.45, 2.75) is 194 Å². The first-order chi connectivity index (χ1) is 33.2. The van der Waals surface area contributed by atoms with Gasteiger partial charge in [-0.3, -0.25) is 19.7 Å². The number of nitro benzene ring substituents is 1. The van der Waals surface area contributed by atoms with Crippen molar-refractivity contribution in [3.05, 3.63) is 22.2 Å². The van der Waals surface area contributed by atoms with Gasteiger partial charge in [0, 0.05) is 31.0 Å². The lowest BCUT2D eigenvalue weighted by molar-refractivity contribution is -0.383. The number of nitrogens with zero attached hydrogens (tertiary/aromatic N) is 3. The number of carbonyl (C=O) groups is 2. The normalized spacial score (nSPS) is 46.0. The molecule has 0 radical (unpaired) electrons. The summed E-state index contributed by atoms with van der Waals surface area (Å²) >= 11 is 0. The Morgan fingerprint density at radius 2 is 1.24 bits per heavy atom. The maximum atomic E-state index is 13.8.